The lowest BCUT2D eigenvalue weighted by Gasteiger charge is -2.08. The van der Waals surface area contributed by atoms with Crippen molar-refractivity contribution in [1.82, 2.24) is 10.2 Å². The molecule has 6 nitrogen and oxygen atoms in total. The summed E-state index contributed by atoms with van der Waals surface area (Å²) >= 11 is 5.95. The number of aromatic nitrogens is 2. The first kappa shape index (κ1) is 13.1. The molecule has 1 aromatic carbocycles. The number of benzene rings is 1. The highest BCUT2D eigenvalue weighted by molar-refractivity contribution is 6.32. The number of hydrogen-bond acceptors (Lipinski definition) is 3. The number of anilines is 1. The van der Waals surface area contributed by atoms with E-state index in [-0.39, 0.29) is 11.4 Å². The topological polar surface area (TPSA) is 101 Å². The summed E-state index contributed by atoms with van der Waals surface area (Å²) in [7, 11) is 0. The number of primary amides is 1. The second-order valence-electron chi connectivity index (χ2n) is 3.89. The average Bonchev–Trinajstić information content (AvgIpc) is 2.80. The maximum absolute atomic E-state index is 12.1. The number of halogens is 1. The number of H-pyrrole nitrogens is 1. The Balaban J connectivity index is 2.29. The number of amides is 2. The molecule has 0 aliphatic carbocycles. The predicted octanol–water partition coefficient (Wildman–Crippen LogP) is 1.72. The van der Waals surface area contributed by atoms with Crippen molar-refractivity contribution in [1.29, 1.82) is 0 Å². The summed E-state index contributed by atoms with van der Waals surface area (Å²) in [6, 6.07) is 5.00. The normalized spacial score (nSPS) is 10.2. The van der Waals surface area contributed by atoms with Crippen LogP contribution in [0.25, 0.3) is 0 Å². The summed E-state index contributed by atoms with van der Waals surface area (Å²) in [6.45, 7) is 1.74. The Bertz CT molecular complexity index is 651. The zero-order valence-corrected chi connectivity index (χ0v) is 10.8. The van der Waals surface area contributed by atoms with Crippen LogP contribution >= 0.6 is 11.6 Å². The zero-order chi connectivity index (χ0) is 14.0. The maximum atomic E-state index is 12.1. The fourth-order valence-corrected chi connectivity index (χ4v) is 1.78. The molecule has 0 spiro atoms. The van der Waals surface area contributed by atoms with Crippen molar-refractivity contribution in [3.05, 3.63) is 46.1 Å². The van der Waals surface area contributed by atoms with E-state index in [0.29, 0.717) is 16.1 Å². The van der Waals surface area contributed by atoms with Crippen LogP contribution in [0.1, 0.15) is 26.3 Å². The Kier molecular flexibility index (Phi) is 3.52. The summed E-state index contributed by atoms with van der Waals surface area (Å²) in [5.41, 5.74) is 6.34. The van der Waals surface area contributed by atoms with Gasteiger partial charge in [-0.1, -0.05) is 17.7 Å². The smallest absolute Gasteiger partial charge is 0.257 e. The molecular formula is C12H11ClN4O2. The second kappa shape index (κ2) is 5.11. The minimum atomic E-state index is -0.674. The van der Waals surface area contributed by atoms with Crippen LogP contribution in [-0.2, 0) is 0 Å². The molecule has 0 saturated carbocycles. The van der Waals surface area contributed by atoms with E-state index in [9.17, 15) is 9.59 Å². The highest BCUT2D eigenvalue weighted by atomic mass is 35.5. The predicted molar refractivity (Wildman–Crippen MR) is 71.2 cm³/mol. The van der Waals surface area contributed by atoms with Crippen LogP contribution < -0.4 is 11.1 Å². The molecule has 98 valence electrons. The van der Waals surface area contributed by atoms with Gasteiger partial charge in [0.2, 0.25) is 0 Å². The lowest BCUT2D eigenvalue weighted by Crippen LogP contribution is -2.18. The number of rotatable bonds is 3. The number of nitrogens with two attached hydrogens (primary N) is 1. The fraction of sp³-hybridized carbons (Fsp3) is 0.0833. The van der Waals surface area contributed by atoms with E-state index in [4.69, 9.17) is 17.3 Å². The second-order valence-corrected chi connectivity index (χ2v) is 4.30. The van der Waals surface area contributed by atoms with E-state index in [1.165, 1.54) is 6.20 Å². The molecule has 0 aliphatic heterocycles. The van der Waals surface area contributed by atoms with Gasteiger partial charge in [-0.05, 0) is 24.6 Å². The molecule has 0 saturated heterocycles. The van der Waals surface area contributed by atoms with Gasteiger partial charge < -0.3 is 11.1 Å². The molecule has 2 rings (SSSR count). The number of carbonyl (C=O) groups is 2. The zero-order valence-electron chi connectivity index (χ0n) is 10.0. The third kappa shape index (κ3) is 2.58. The molecule has 0 bridgehead atoms. The molecule has 1 aromatic heterocycles. The van der Waals surface area contributed by atoms with Gasteiger partial charge in [-0.3, -0.25) is 14.7 Å². The third-order valence-electron chi connectivity index (χ3n) is 2.66. The Morgan fingerprint density at radius 1 is 1.37 bits per heavy atom. The highest BCUT2D eigenvalue weighted by Crippen LogP contribution is 2.20. The quantitative estimate of drug-likeness (QED) is 0.797. The molecule has 4 N–H and O–H groups in total. The van der Waals surface area contributed by atoms with Gasteiger partial charge in [-0.2, -0.15) is 5.10 Å². The van der Waals surface area contributed by atoms with Crippen LogP contribution in [0.15, 0.2) is 24.4 Å². The summed E-state index contributed by atoms with van der Waals surface area (Å²) in [4.78, 5) is 23.2. The van der Waals surface area contributed by atoms with Gasteiger partial charge in [-0.25, -0.2) is 0 Å². The number of aromatic amines is 1. The molecule has 1 heterocycles. The van der Waals surface area contributed by atoms with Crippen molar-refractivity contribution in [2.45, 2.75) is 6.92 Å². The molecule has 2 amide bonds. The van der Waals surface area contributed by atoms with Gasteiger partial charge in [0.25, 0.3) is 11.8 Å². The third-order valence-corrected chi connectivity index (χ3v) is 3.07. The Morgan fingerprint density at radius 3 is 2.79 bits per heavy atom. The van der Waals surface area contributed by atoms with Gasteiger partial charge in [0.05, 0.1) is 6.20 Å². The summed E-state index contributed by atoms with van der Waals surface area (Å²) < 4.78 is 0. The standard InChI is InChI=1S/C12H11ClN4O2/c1-6-7(3-2-4-9(6)13)12(19)16-11-8(10(14)18)5-15-17-11/h2-5H,1H3,(H2,14,18)(H2,15,16,17,19). The van der Waals surface area contributed by atoms with Crippen molar-refractivity contribution in [2.75, 3.05) is 5.32 Å². The molecule has 0 radical (unpaired) electrons. The van der Waals surface area contributed by atoms with E-state index >= 15 is 0 Å². The first-order chi connectivity index (χ1) is 9.00. The van der Waals surface area contributed by atoms with Gasteiger partial charge in [-0.15, -0.1) is 0 Å². The van der Waals surface area contributed by atoms with Crippen LogP contribution in [0.3, 0.4) is 0 Å². The van der Waals surface area contributed by atoms with Crippen molar-refractivity contribution >= 4 is 29.2 Å². The van der Waals surface area contributed by atoms with Gasteiger partial charge in [0.15, 0.2) is 0 Å². The lowest BCUT2D eigenvalue weighted by molar-refractivity contribution is 0.100. The van der Waals surface area contributed by atoms with E-state index in [1.54, 1.807) is 25.1 Å². The van der Waals surface area contributed by atoms with E-state index in [2.05, 4.69) is 15.5 Å². The molecular weight excluding hydrogens is 268 g/mol. The molecule has 0 fully saturated rings. The number of nitrogens with one attached hydrogen (secondary N) is 2. The number of nitrogens with zero attached hydrogens (tertiary/aromatic N) is 1. The molecule has 2 aromatic rings. The Morgan fingerprint density at radius 2 is 2.11 bits per heavy atom. The van der Waals surface area contributed by atoms with Gasteiger partial charge >= 0.3 is 0 Å². The largest absolute Gasteiger partial charge is 0.365 e. The molecule has 7 heteroatoms. The minimum Gasteiger partial charge on any atom is -0.365 e. The first-order valence-electron chi connectivity index (χ1n) is 5.40. The SMILES string of the molecule is Cc1c(Cl)cccc1C(=O)Nc1[nH]ncc1C(N)=O. The number of carbonyl (C=O) groups excluding carboxylic acids is 2. The van der Waals surface area contributed by atoms with E-state index < -0.39 is 11.8 Å². The monoisotopic (exact) mass is 278 g/mol. The summed E-state index contributed by atoms with van der Waals surface area (Å²) in [6.07, 6.45) is 1.25. The van der Waals surface area contributed by atoms with Crippen LogP contribution in [0.4, 0.5) is 5.82 Å². The van der Waals surface area contributed by atoms with Crippen molar-refractivity contribution in [2.24, 2.45) is 5.73 Å². The Labute approximate surface area is 113 Å². The van der Waals surface area contributed by atoms with Crippen molar-refractivity contribution < 1.29 is 9.59 Å². The van der Waals surface area contributed by atoms with Crippen molar-refractivity contribution in [3.63, 3.8) is 0 Å². The first-order valence-corrected chi connectivity index (χ1v) is 5.78. The minimum absolute atomic E-state index is 0.119. The average molecular weight is 279 g/mol. The number of hydrogen-bond donors (Lipinski definition) is 3. The van der Waals surface area contributed by atoms with Crippen LogP contribution in [0.2, 0.25) is 5.02 Å². The molecule has 19 heavy (non-hydrogen) atoms. The van der Waals surface area contributed by atoms with Crippen LogP contribution in [0.5, 0.6) is 0 Å². The fourth-order valence-electron chi connectivity index (χ4n) is 1.60. The van der Waals surface area contributed by atoms with Gasteiger partial charge in [0.1, 0.15) is 11.4 Å². The molecule has 0 atom stereocenters. The summed E-state index contributed by atoms with van der Waals surface area (Å²) in [5.74, 6) is -0.907. The van der Waals surface area contributed by atoms with E-state index in [1.807, 2.05) is 0 Å². The summed E-state index contributed by atoms with van der Waals surface area (Å²) in [5, 5.41) is 9.20. The van der Waals surface area contributed by atoms with Crippen LogP contribution in [-0.4, -0.2) is 22.0 Å². The van der Waals surface area contributed by atoms with Crippen molar-refractivity contribution in [3.8, 4) is 0 Å². The van der Waals surface area contributed by atoms with Gasteiger partial charge in [0, 0.05) is 10.6 Å². The Hall–Kier alpha value is -2.34. The molecule has 0 unspecified atom stereocenters. The highest BCUT2D eigenvalue weighted by Gasteiger charge is 2.16. The molecule has 0 aliphatic rings. The maximum Gasteiger partial charge on any atom is 0.257 e. The van der Waals surface area contributed by atoms with Crippen LogP contribution in [0, 0.1) is 6.92 Å². The lowest BCUT2D eigenvalue weighted by atomic mass is 10.1. The van der Waals surface area contributed by atoms with E-state index in [0.717, 1.165) is 0 Å².